The maximum absolute atomic E-state index is 11.9. The van der Waals surface area contributed by atoms with E-state index in [9.17, 15) is 4.79 Å². The Balaban J connectivity index is 2.34. The Morgan fingerprint density at radius 1 is 1.53 bits per heavy atom. The zero-order valence-electron chi connectivity index (χ0n) is 10.4. The third kappa shape index (κ3) is 3.49. The molecule has 1 amide bonds. The van der Waals surface area contributed by atoms with Crippen molar-refractivity contribution in [2.24, 2.45) is 5.92 Å². The second kappa shape index (κ2) is 5.50. The van der Waals surface area contributed by atoms with E-state index in [1.54, 1.807) is 0 Å². The van der Waals surface area contributed by atoms with E-state index < -0.39 is 0 Å². The third-order valence-electron chi connectivity index (χ3n) is 3.32. The molecule has 3 atom stereocenters. The van der Waals surface area contributed by atoms with Crippen molar-refractivity contribution in [2.75, 3.05) is 13.1 Å². The van der Waals surface area contributed by atoms with E-state index in [2.05, 4.69) is 33.0 Å². The Labute approximate surface area is 93.2 Å². The summed E-state index contributed by atoms with van der Waals surface area (Å²) in [5.41, 5.74) is 0. The number of carbonyl (C=O) groups excluding carboxylic acids is 1. The standard InChI is InChI=1S/C12H24N2O/c1-5-10(3)13-7-12(15)14-8-9(2)6-11(14)4/h9-11,13H,5-8H2,1-4H3. The highest BCUT2D eigenvalue weighted by molar-refractivity contribution is 5.78. The lowest BCUT2D eigenvalue weighted by Gasteiger charge is -2.22. The molecule has 1 rings (SSSR count). The maximum atomic E-state index is 11.9. The van der Waals surface area contributed by atoms with E-state index >= 15 is 0 Å². The number of amides is 1. The van der Waals surface area contributed by atoms with Gasteiger partial charge < -0.3 is 10.2 Å². The molecule has 15 heavy (non-hydrogen) atoms. The van der Waals surface area contributed by atoms with Crippen molar-refractivity contribution in [3.05, 3.63) is 0 Å². The molecule has 88 valence electrons. The number of likely N-dealkylation sites (tertiary alicyclic amines) is 1. The van der Waals surface area contributed by atoms with Gasteiger partial charge in [0.1, 0.15) is 0 Å². The quantitative estimate of drug-likeness (QED) is 0.768. The zero-order valence-corrected chi connectivity index (χ0v) is 10.4. The van der Waals surface area contributed by atoms with Crippen LogP contribution in [0.3, 0.4) is 0 Å². The number of carbonyl (C=O) groups is 1. The largest absolute Gasteiger partial charge is 0.339 e. The molecule has 0 aromatic rings. The Kier molecular flexibility index (Phi) is 4.58. The molecule has 1 heterocycles. The lowest BCUT2D eigenvalue weighted by Crippen LogP contribution is -2.42. The molecule has 1 aliphatic rings. The number of hydrogen-bond donors (Lipinski definition) is 1. The van der Waals surface area contributed by atoms with Crippen LogP contribution in [-0.2, 0) is 4.79 Å². The van der Waals surface area contributed by atoms with E-state index in [0.717, 1.165) is 19.4 Å². The summed E-state index contributed by atoms with van der Waals surface area (Å²) in [6, 6.07) is 0.857. The molecule has 3 heteroatoms. The first-order valence-electron chi connectivity index (χ1n) is 6.07. The van der Waals surface area contributed by atoms with Crippen molar-refractivity contribution in [3.63, 3.8) is 0 Å². The fourth-order valence-corrected chi connectivity index (χ4v) is 2.15. The van der Waals surface area contributed by atoms with Gasteiger partial charge >= 0.3 is 0 Å². The second-order valence-electron chi connectivity index (χ2n) is 4.93. The van der Waals surface area contributed by atoms with Crippen LogP contribution in [0, 0.1) is 5.92 Å². The minimum absolute atomic E-state index is 0.257. The number of hydrogen-bond acceptors (Lipinski definition) is 2. The summed E-state index contributed by atoms with van der Waals surface area (Å²) in [5, 5.41) is 3.25. The molecule has 0 spiro atoms. The smallest absolute Gasteiger partial charge is 0.236 e. The van der Waals surface area contributed by atoms with Gasteiger partial charge in [-0.1, -0.05) is 13.8 Å². The normalized spacial score (nSPS) is 28.1. The van der Waals surface area contributed by atoms with E-state index in [4.69, 9.17) is 0 Å². The molecule has 0 radical (unpaired) electrons. The van der Waals surface area contributed by atoms with E-state index in [-0.39, 0.29) is 5.91 Å². The highest BCUT2D eigenvalue weighted by atomic mass is 16.2. The van der Waals surface area contributed by atoms with Crippen molar-refractivity contribution in [1.29, 1.82) is 0 Å². The molecule has 0 bridgehead atoms. The van der Waals surface area contributed by atoms with Crippen molar-refractivity contribution in [1.82, 2.24) is 10.2 Å². The predicted molar refractivity (Wildman–Crippen MR) is 62.7 cm³/mol. The van der Waals surface area contributed by atoms with Crippen LogP contribution >= 0.6 is 0 Å². The van der Waals surface area contributed by atoms with Crippen LogP contribution in [-0.4, -0.2) is 36.0 Å². The SMILES string of the molecule is CCC(C)NCC(=O)N1CC(C)CC1C. The van der Waals surface area contributed by atoms with Gasteiger partial charge in [-0.05, 0) is 32.6 Å². The summed E-state index contributed by atoms with van der Waals surface area (Å²) in [5.74, 6) is 0.916. The van der Waals surface area contributed by atoms with Gasteiger partial charge in [-0.15, -0.1) is 0 Å². The van der Waals surface area contributed by atoms with E-state index in [0.29, 0.717) is 24.5 Å². The average molecular weight is 212 g/mol. The summed E-state index contributed by atoms with van der Waals surface area (Å²) in [6.07, 6.45) is 2.22. The third-order valence-corrected chi connectivity index (χ3v) is 3.32. The van der Waals surface area contributed by atoms with Crippen LogP contribution in [0.5, 0.6) is 0 Å². The van der Waals surface area contributed by atoms with Gasteiger partial charge in [-0.3, -0.25) is 4.79 Å². The Morgan fingerprint density at radius 3 is 2.67 bits per heavy atom. The molecule has 1 saturated heterocycles. The Morgan fingerprint density at radius 2 is 2.20 bits per heavy atom. The fourth-order valence-electron chi connectivity index (χ4n) is 2.15. The van der Waals surface area contributed by atoms with E-state index in [1.165, 1.54) is 0 Å². The first-order chi connectivity index (χ1) is 7.04. The van der Waals surface area contributed by atoms with E-state index in [1.807, 2.05) is 4.90 Å². The molecule has 0 aromatic carbocycles. The Bertz CT molecular complexity index is 218. The number of nitrogens with zero attached hydrogens (tertiary/aromatic N) is 1. The highest BCUT2D eigenvalue weighted by Gasteiger charge is 2.29. The average Bonchev–Trinajstić information content (AvgIpc) is 2.53. The lowest BCUT2D eigenvalue weighted by atomic mass is 10.1. The Hall–Kier alpha value is -0.570. The summed E-state index contributed by atoms with van der Waals surface area (Å²) >= 11 is 0. The molecule has 1 N–H and O–H groups in total. The van der Waals surface area contributed by atoms with Gasteiger partial charge in [0.05, 0.1) is 6.54 Å². The predicted octanol–water partition coefficient (Wildman–Crippen LogP) is 1.63. The molecule has 1 fully saturated rings. The summed E-state index contributed by atoms with van der Waals surface area (Å²) in [4.78, 5) is 13.9. The minimum Gasteiger partial charge on any atom is -0.339 e. The van der Waals surface area contributed by atoms with Crippen LogP contribution < -0.4 is 5.32 Å². The van der Waals surface area contributed by atoms with Gasteiger partial charge in [0.2, 0.25) is 5.91 Å². The molecular formula is C12H24N2O. The van der Waals surface area contributed by atoms with Crippen molar-refractivity contribution >= 4 is 5.91 Å². The maximum Gasteiger partial charge on any atom is 0.236 e. The number of rotatable bonds is 4. The minimum atomic E-state index is 0.257. The second-order valence-corrected chi connectivity index (χ2v) is 4.93. The molecule has 0 aromatic heterocycles. The fraction of sp³-hybridized carbons (Fsp3) is 0.917. The molecular weight excluding hydrogens is 188 g/mol. The van der Waals surface area contributed by atoms with Crippen LogP contribution in [0.2, 0.25) is 0 Å². The monoisotopic (exact) mass is 212 g/mol. The molecule has 3 nitrogen and oxygen atoms in total. The van der Waals surface area contributed by atoms with Gasteiger partial charge in [0.15, 0.2) is 0 Å². The summed E-state index contributed by atoms with van der Waals surface area (Å²) < 4.78 is 0. The summed E-state index contributed by atoms with van der Waals surface area (Å²) in [6.45, 7) is 10.0. The van der Waals surface area contributed by atoms with Crippen molar-refractivity contribution < 1.29 is 4.79 Å². The van der Waals surface area contributed by atoms with Gasteiger partial charge in [-0.2, -0.15) is 0 Å². The van der Waals surface area contributed by atoms with Crippen LogP contribution in [0.25, 0.3) is 0 Å². The molecule has 0 saturated carbocycles. The highest BCUT2D eigenvalue weighted by Crippen LogP contribution is 2.21. The molecule has 0 aliphatic carbocycles. The van der Waals surface area contributed by atoms with Crippen LogP contribution in [0.15, 0.2) is 0 Å². The van der Waals surface area contributed by atoms with Crippen molar-refractivity contribution in [2.45, 2.75) is 52.6 Å². The van der Waals surface area contributed by atoms with Gasteiger partial charge in [-0.25, -0.2) is 0 Å². The van der Waals surface area contributed by atoms with Crippen LogP contribution in [0.1, 0.15) is 40.5 Å². The number of nitrogens with one attached hydrogen (secondary N) is 1. The van der Waals surface area contributed by atoms with Gasteiger partial charge in [0, 0.05) is 18.6 Å². The zero-order chi connectivity index (χ0) is 11.4. The van der Waals surface area contributed by atoms with Crippen LogP contribution in [0.4, 0.5) is 0 Å². The van der Waals surface area contributed by atoms with Gasteiger partial charge in [0.25, 0.3) is 0 Å². The molecule has 1 aliphatic heterocycles. The first kappa shape index (κ1) is 12.5. The topological polar surface area (TPSA) is 32.3 Å². The lowest BCUT2D eigenvalue weighted by molar-refractivity contribution is -0.131. The van der Waals surface area contributed by atoms with Crippen molar-refractivity contribution in [3.8, 4) is 0 Å². The molecule has 3 unspecified atom stereocenters. The summed E-state index contributed by atoms with van der Waals surface area (Å²) in [7, 11) is 0. The first-order valence-corrected chi connectivity index (χ1v) is 6.07.